The smallest absolute Gasteiger partial charge is 0.244 e. The monoisotopic (exact) mass is 388 g/mol. The van der Waals surface area contributed by atoms with Gasteiger partial charge in [-0.25, -0.2) is 0 Å². The van der Waals surface area contributed by atoms with Crippen molar-refractivity contribution in [3.05, 3.63) is 83.9 Å². The van der Waals surface area contributed by atoms with Gasteiger partial charge >= 0.3 is 0 Å². The molecule has 5 heteroatoms. The molecule has 0 aliphatic heterocycles. The Bertz CT molecular complexity index is 1020. The molecule has 0 fully saturated rings. The zero-order chi connectivity index (χ0) is 20.8. The number of anilines is 2. The summed E-state index contributed by atoms with van der Waals surface area (Å²) in [6.07, 6.45) is 0. The highest BCUT2D eigenvalue weighted by molar-refractivity contribution is 6.02. The minimum atomic E-state index is -0.276. The molecule has 3 aromatic rings. The van der Waals surface area contributed by atoms with Crippen molar-refractivity contribution in [2.75, 3.05) is 16.8 Å². The van der Waals surface area contributed by atoms with E-state index in [9.17, 15) is 9.59 Å². The molecule has 0 atom stereocenters. The highest BCUT2D eigenvalue weighted by Crippen LogP contribution is 2.32. The van der Waals surface area contributed by atoms with Gasteiger partial charge in [0.25, 0.3) is 0 Å². The van der Waals surface area contributed by atoms with Crippen molar-refractivity contribution >= 4 is 23.2 Å². The van der Waals surface area contributed by atoms with E-state index in [1.54, 1.807) is 12.1 Å². The second kappa shape index (κ2) is 9.06. The Morgan fingerprint density at radius 3 is 2.31 bits per heavy atom. The van der Waals surface area contributed by atoms with Crippen LogP contribution in [0.5, 0.6) is 11.5 Å². The van der Waals surface area contributed by atoms with Crippen LogP contribution < -0.4 is 15.0 Å². The maximum atomic E-state index is 12.7. The van der Waals surface area contributed by atoms with Gasteiger partial charge in [0.15, 0.2) is 5.75 Å². The summed E-state index contributed by atoms with van der Waals surface area (Å²) in [5.74, 6) is 0.642. The molecular weight excluding hydrogens is 364 g/mol. The summed E-state index contributed by atoms with van der Waals surface area (Å²) in [4.78, 5) is 26.4. The molecule has 0 saturated heterocycles. The number of carbonyl (C=O) groups is 2. The van der Waals surface area contributed by atoms with E-state index < -0.39 is 0 Å². The predicted octanol–water partition coefficient (Wildman–Crippen LogP) is 5.09. The summed E-state index contributed by atoms with van der Waals surface area (Å²) in [5.41, 5.74) is 3.37. The van der Waals surface area contributed by atoms with Gasteiger partial charge in [-0.2, -0.15) is 0 Å². The van der Waals surface area contributed by atoms with Gasteiger partial charge in [-0.1, -0.05) is 48.0 Å². The molecule has 0 unspecified atom stereocenters. The number of rotatable bonds is 6. The van der Waals surface area contributed by atoms with Gasteiger partial charge in [0.2, 0.25) is 11.8 Å². The maximum Gasteiger partial charge on any atom is 0.244 e. The average Bonchev–Trinajstić information content (AvgIpc) is 2.69. The number of nitrogens with one attached hydrogen (secondary N) is 1. The first-order valence-electron chi connectivity index (χ1n) is 9.41. The van der Waals surface area contributed by atoms with E-state index in [4.69, 9.17) is 4.74 Å². The largest absolute Gasteiger partial charge is 0.455 e. The van der Waals surface area contributed by atoms with E-state index in [1.165, 1.54) is 11.8 Å². The Morgan fingerprint density at radius 2 is 1.62 bits per heavy atom. The first-order valence-corrected chi connectivity index (χ1v) is 9.41. The molecule has 0 bridgehead atoms. The Labute approximate surface area is 170 Å². The van der Waals surface area contributed by atoms with Gasteiger partial charge < -0.3 is 10.1 Å². The number of hydrogen-bond acceptors (Lipinski definition) is 3. The van der Waals surface area contributed by atoms with Crippen LogP contribution in [0.15, 0.2) is 72.8 Å². The van der Waals surface area contributed by atoms with Crippen molar-refractivity contribution in [1.29, 1.82) is 0 Å². The fourth-order valence-electron chi connectivity index (χ4n) is 3.04. The van der Waals surface area contributed by atoms with E-state index in [0.29, 0.717) is 17.2 Å². The number of benzene rings is 3. The second-order valence-electron chi connectivity index (χ2n) is 6.85. The number of carbonyl (C=O) groups excluding carboxylic acids is 2. The molecule has 29 heavy (non-hydrogen) atoms. The number of hydrogen-bond donors (Lipinski definition) is 1. The Kier molecular flexibility index (Phi) is 6.29. The van der Waals surface area contributed by atoms with E-state index in [1.807, 2.05) is 74.5 Å². The second-order valence-corrected chi connectivity index (χ2v) is 6.85. The van der Waals surface area contributed by atoms with Gasteiger partial charge in [-0.05, 0) is 49.7 Å². The first-order chi connectivity index (χ1) is 13.9. The molecular formula is C24H24N2O3. The van der Waals surface area contributed by atoms with Crippen molar-refractivity contribution in [3.63, 3.8) is 0 Å². The average molecular weight is 388 g/mol. The molecule has 3 rings (SSSR count). The number of nitrogens with zero attached hydrogens (tertiary/aromatic N) is 1. The van der Waals surface area contributed by atoms with Gasteiger partial charge in [-0.3, -0.25) is 14.5 Å². The molecule has 0 heterocycles. The molecule has 0 spiro atoms. The van der Waals surface area contributed by atoms with Crippen molar-refractivity contribution in [3.8, 4) is 11.5 Å². The number of para-hydroxylation sites is 3. The molecule has 148 valence electrons. The Morgan fingerprint density at radius 1 is 0.931 bits per heavy atom. The maximum absolute atomic E-state index is 12.7. The first kappa shape index (κ1) is 20.1. The lowest BCUT2D eigenvalue weighted by Crippen LogP contribution is -2.37. The third-order valence-electron chi connectivity index (χ3n) is 4.46. The lowest BCUT2D eigenvalue weighted by atomic mass is 10.1. The van der Waals surface area contributed by atoms with Crippen molar-refractivity contribution in [1.82, 2.24) is 0 Å². The van der Waals surface area contributed by atoms with E-state index in [0.717, 1.165) is 16.8 Å². The summed E-state index contributed by atoms with van der Waals surface area (Å²) in [6.45, 7) is 5.26. The van der Waals surface area contributed by atoms with Crippen LogP contribution in [0.3, 0.4) is 0 Å². The molecule has 1 N–H and O–H groups in total. The third kappa shape index (κ3) is 5.23. The van der Waals surface area contributed by atoms with Crippen LogP contribution in [0.4, 0.5) is 11.4 Å². The van der Waals surface area contributed by atoms with Crippen molar-refractivity contribution in [2.45, 2.75) is 20.8 Å². The van der Waals surface area contributed by atoms with Crippen LogP contribution in [-0.2, 0) is 9.59 Å². The summed E-state index contributed by atoms with van der Waals surface area (Å²) >= 11 is 0. The van der Waals surface area contributed by atoms with E-state index >= 15 is 0 Å². The van der Waals surface area contributed by atoms with Crippen LogP contribution in [0.25, 0.3) is 0 Å². The fourth-order valence-corrected chi connectivity index (χ4v) is 3.04. The van der Waals surface area contributed by atoms with Crippen LogP contribution in [0, 0.1) is 13.8 Å². The molecule has 0 radical (unpaired) electrons. The lowest BCUT2D eigenvalue weighted by Gasteiger charge is -2.23. The molecule has 0 aromatic heterocycles. The predicted molar refractivity (Wildman–Crippen MR) is 116 cm³/mol. The van der Waals surface area contributed by atoms with Crippen LogP contribution in [0.1, 0.15) is 18.1 Å². The summed E-state index contributed by atoms with van der Waals surface area (Å²) < 4.78 is 5.95. The van der Waals surface area contributed by atoms with Crippen LogP contribution in [0.2, 0.25) is 0 Å². The number of aryl methyl sites for hydroxylation is 2. The molecule has 2 amide bonds. The summed E-state index contributed by atoms with van der Waals surface area (Å²) in [6, 6.07) is 22.3. The zero-order valence-corrected chi connectivity index (χ0v) is 16.8. The highest BCUT2D eigenvalue weighted by Gasteiger charge is 2.20. The molecule has 0 aliphatic rings. The number of ether oxygens (including phenoxy) is 1. The highest BCUT2D eigenvalue weighted by atomic mass is 16.5. The van der Waals surface area contributed by atoms with Crippen LogP contribution >= 0.6 is 0 Å². The fraction of sp³-hybridized carbons (Fsp3) is 0.167. The van der Waals surface area contributed by atoms with Crippen LogP contribution in [-0.4, -0.2) is 18.4 Å². The minimum absolute atomic E-state index is 0.113. The van der Waals surface area contributed by atoms with E-state index in [-0.39, 0.29) is 18.4 Å². The van der Waals surface area contributed by atoms with Gasteiger partial charge in [0.05, 0.1) is 5.69 Å². The quantitative estimate of drug-likeness (QED) is 0.640. The Hall–Kier alpha value is -3.60. The van der Waals surface area contributed by atoms with Crippen molar-refractivity contribution < 1.29 is 14.3 Å². The standard InChI is InChI=1S/C24H24N2O3/c1-17-13-14-21(18(2)15-17)25-24(28)16-26(19(3)27)22-11-7-8-12-23(22)29-20-9-5-4-6-10-20/h4-15H,16H2,1-3H3,(H,25,28). The molecule has 0 aliphatic carbocycles. The third-order valence-corrected chi connectivity index (χ3v) is 4.46. The van der Waals surface area contributed by atoms with Gasteiger partial charge in [0.1, 0.15) is 12.3 Å². The SMILES string of the molecule is CC(=O)N(CC(=O)Nc1ccc(C)cc1C)c1ccccc1Oc1ccccc1. The molecule has 0 saturated carbocycles. The number of amides is 2. The zero-order valence-electron chi connectivity index (χ0n) is 16.8. The normalized spacial score (nSPS) is 10.3. The van der Waals surface area contributed by atoms with Gasteiger partial charge in [0, 0.05) is 12.6 Å². The summed E-state index contributed by atoms with van der Waals surface area (Å²) in [5, 5.41) is 2.89. The van der Waals surface area contributed by atoms with Gasteiger partial charge in [-0.15, -0.1) is 0 Å². The lowest BCUT2D eigenvalue weighted by molar-refractivity contribution is -0.120. The summed E-state index contributed by atoms with van der Waals surface area (Å²) in [7, 11) is 0. The minimum Gasteiger partial charge on any atom is -0.455 e. The van der Waals surface area contributed by atoms with E-state index in [2.05, 4.69) is 5.32 Å². The van der Waals surface area contributed by atoms with Crippen molar-refractivity contribution in [2.24, 2.45) is 0 Å². The molecule has 5 nitrogen and oxygen atoms in total. The molecule has 3 aromatic carbocycles. The topological polar surface area (TPSA) is 58.6 Å². The Balaban J connectivity index is 1.81.